The van der Waals surface area contributed by atoms with E-state index in [-0.39, 0.29) is 5.91 Å². The summed E-state index contributed by atoms with van der Waals surface area (Å²) >= 11 is 0. The monoisotopic (exact) mass is 360 g/mol. The largest absolute Gasteiger partial charge is 0.497 e. The number of benzene rings is 2. The first-order chi connectivity index (χ1) is 13.2. The van der Waals surface area contributed by atoms with Crippen molar-refractivity contribution in [2.75, 3.05) is 7.11 Å². The minimum absolute atomic E-state index is 0.328. The van der Waals surface area contributed by atoms with Crippen molar-refractivity contribution in [3.05, 3.63) is 77.5 Å². The number of H-pyrrole nitrogens is 1. The molecule has 3 aromatic rings. The van der Waals surface area contributed by atoms with Crippen LogP contribution in [0.2, 0.25) is 0 Å². The highest BCUT2D eigenvalue weighted by Gasteiger charge is 2.10. The number of carbonyl (C=O) groups excluding carboxylic acids is 1. The molecule has 0 aliphatic carbocycles. The Bertz CT molecular complexity index is 975. The van der Waals surface area contributed by atoms with E-state index < -0.39 is 0 Å². The van der Waals surface area contributed by atoms with Gasteiger partial charge in [0, 0.05) is 5.56 Å². The lowest BCUT2D eigenvalue weighted by Gasteiger charge is -2.00. The number of carbonyl (C=O) groups is 1. The van der Waals surface area contributed by atoms with Crippen LogP contribution >= 0.6 is 0 Å². The van der Waals surface area contributed by atoms with Gasteiger partial charge in [-0.25, -0.2) is 5.43 Å². The van der Waals surface area contributed by atoms with Gasteiger partial charge < -0.3 is 4.74 Å². The summed E-state index contributed by atoms with van der Waals surface area (Å²) < 4.78 is 5.21. The van der Waals surface area contributed by atoms with E-state index in [0.29, 0.717) is 11.4 Å². The molecule has 1 amide bonds. The van der Waals surface area contributed by atoms with Gasteiger partial charge in [0.05, 0.1) is 19.0 Å². The minimum Gasteiger partial charge on any atom is -0.497 e. The van der Waals surface area contributed by atoms with Crippen LogP contribution in [0.25, 0.3) is 17.3 Å². The van der Waals surface area contributed by atoms with Crippen LogP contribution in [-0.2, 0) is 0 Å². The van der Waals surface area contributed by atoms with Gasteiger partial charge in [-0.05, 0) is 36.3 Å². The molecule has 3 rings (SSSR count). The molecule has 0 bridgehead atoms. The second-order valence-corrected chi connectivity index (χ2v) is 5.90. The second-order valence-electron chi connectivity index (χ2n) is 5.90. The molecular formula is C21H20N4O2. The van der Waals surface area contributed by atoms with E-state index in [1.165, 1.54) is 0 Å². The number of hydrogen-bond acceptors (Lipinski definition) is 4. The van der Waals surface area contributed by atoms with E-state index in [9.17, 15) is 4.79 Å². The van der Waals surface area contributed by atoms with Crippen LogP contribution in [0.4, 0.5) is 0 Å². The van der Waals surface area contributed by atoms with E-state index in [4.69, 9.17) is 4.74 Å². The zero-order valence-corrected chi connectivity index (χ0v) is 15.1. The molecule has 6 nitrogen and oxygen atoms in total. The maximum absolute atomic E-state index is 12.2. The van der Waals surface area contributed by atoms with Crippen LogP contribution in [0.5, 0.6) is 5.75 Å². The highest BCUT2D eigenvalue weighted by Crippen LogP contribution is 2.22. The Hall–Kier alpha value is -3.67. The second kappa shape index (κ2) is 8.62. The Labute approximate surface area is 157 Å². The minimum atomic E-state index is -0.361. The summed E-state index contributed by atoms with van der Waals surface area (Å²) in [6.45, 7) is 1.92. The van der Waals surface area contributed by atoms with Gasteiger partial charge in [0.2, 0.25) is 0 Å². The molecule has 0 fully saturated rings. The van der Waals surface area contributed by atoms with Crippen LogP contribution in [0, 0.1) is 0 Å². The van der Waals surface area contributed by atoms with Crippen LogP contribution in [0.3, 0.4) is 0 Å². The van der Waals surface area contributed by atoms with E-state index in [0.717, 1.165) is 22.4 Å². The molecule has 2 N–H and O–H groups in total. The normalized spacial score (nSPS) is 11.6. The molecule has 0 radical (unpaired) electrons. The third-order valence-corrected chi connectivity index (χ3v) is 3.82. The van der Waals surface area contributed by atoms with Crippen molar-refractivity contribution in [3.63, 3.8) is 0 Å². The molecule has 0 unspecified atom stereocenters. The lowest BCUT2D eigenvalue weighted by atomic mass is 10.1. The molecular weight excluding hydrogens is 340 g/mol. The number of ether oxygens (including phenoxy) is 1. The topological polar surface area (TPSA) is 79.4 Å². The summed E-state index contributed by atoms with van der Waals surface area (Å²) in [7, 11) is 1.61. The standard InChI is InChI=1S/C21H20N4O2/c1-15(11-16-7-4-3-5-8-16)14-22-25-21(26)20-13-19(23-24-20)17-9-6-10-18(12-17)27-2/h3-14H,1-2H3,(H,23,24)(H,25,26)/b15-11?,22-14-. The Morgan fingerprint density at radius 1 is 1.15 bits per heavy atom. The molecule has 2 aromatic carbocycles. The molecule has 1 aromatic heterocycles. The molecule has 1 heterocycles. The van der Waals surface area contributed by atoms with Gasteiger partial charge in [0.1, 0.15) is 11.4 Å². The van der Waals surface area contributed by atoms with Gasteiger partial charge in [-0.2, -0.15) is 10.2 Å². The molecule has 0 spiro atoms. The Kier molecular flexibility index (Phi) is 5.79. The lowest BCUT2D eigenvalue weighted by molar-refractivity contribution is 0.0950. The third kappa shape index (κ3) is 4.92. The first-order valence-corrected chi connectivity index (χ1v) is 8.42. The average Bonchev–Trinajstić information content (AvgIpc) is 3.19. The lowest BCUT2D eigenvalue weighted by Crippen LogP contribution is -2.17. The van der Waals surface area contributed by atoms with Crippen LogP contribution in [-0.4, -0.2) is 29.4 Å². The number of hydrazone groups is 1. The summed E-state index contributed by atoms with van der Waals surface area (Å²) in [5.41, 5.74) is 6.33. The number of nitrogens with one attached hydrogen (secondary N) is 2. The fourth-order valence-corrected chi connectivity index (χ4v) is 2.47. The number of allylic oxidation sites excluding steroid dienone is 1. The van der Waals surface area contributed by atoms with Gasteiger partial charge in [-0.15, -0.1) is 0 Å². The molecule has 0 aliphatic rings. The van der Waals surface area contributed by atoms with Gasteiger partial charge >= 0.3 is 0 Å². The van der Waals surface area contributed by atoms with E-state index in [1.54, 1.807) is 19.4 Å². The van der Waals surface area contributed by atoms with Crippen molar-refractivity contribution in [1.82, 2.24) is 15.6 Å². The van der Waals surface area contributed by atoms with Gasteiger partial charge in [0.25, 0.3) is 5.91 Å². The predicted molar refractivity (Wildman–Crippen MR) is 107 cm³/mol. The number of rotatable bonds is 6. The zero-order valence-electron chi connectivity index (χ0n) is 15.1. The van der Waals surface area contributed by atoms with Crippen molar-refractivity contribution < 1.29 is 9.53 Å². The fourth-order valence-electron chi connectivity index (χ4n) is 2.47. The number of hydrogen-bond donors (Lipinski definition) is 2. The molecule has 136 valence electrons. The summed E-state index contributed by atoms with van der Waals surface area (Å²) in [5.74, 6) is 0.368. The third-order valence-electron chi connectivity index (χ3n) is 3.82. The first kappa shape index (κ1) is 18.1. The van der Waals surface area contributed by atoms with E-state index in [2.05, 4.69) is 20.7 Å². The molecule has 0 saturated heterocycles. The zero-order chi connectivity index (χ0) is 19.1. The highest BCUT2D eigenvalue weighted by molar-refractivity contribution is 5.94. The fraction of sp³-hybridized carbons (Fsp3) is 0.0952. The van der Waals surface area contributed by atoms with E-state index >= 15 is 0 Å². The highest BCUT2D eigenvalue weighted by atomic mass is 16.5. The van der Waals surface area contributed by atoms with Crippen LogP contribution in [0.1, 0.15) is 23.0 Å². The summed E-state index contributed by atoms with van der Waals surface area (Å²) in [6, 6.07) is 19.0. The average molecular weight is 360 g/mol. The summed E-state index contributed by atoms with van der Waals surface area (Å²) in [4.78, 5) is 12.2. The van der Waals surface area contributed by atoms with Crippen molar-refractivity contribution in [1.29, 1.82) is 0 Å². The van der Waals surface area contributed by atoms with Crippen LogP contribution < -0.4 is 10.2 Å². The molecule has 0 saturated carbocycles. The Morgan fingerprint density at radius 2 is 1.96 bits per heavy atom. The maximum atomic E-state index is 12.2. The van der Waals surface area contributed by atoms with Gasteiger partial charge in [-0.1, -0.05) is 48.5 Å². The number of aromatic nitrogens is 2. The van der Waals surface area contributed by atoms with Gasteiger partial charge in [-0.3, -0.25) is 9.89 Å². The number of aromatic amines is 1. The van der Waals surface area contributed by atoms with Crippen molar-refractivity contribution in [2.45, 2.75) is 6.92 Å². The van der Waals surface area contributed by atoms with Gasteiger partial charge in [0.15, 0.2) is 0 Å². The number of methoxy groups -OCH3 is 1. The molecule has 6 heteroatoms. The van der Waals surface area contributed by atoms with Crippen LogP contribution in [0.15, 0.2) is 71.3 Å². The number of amides is 1. The maximum Gasteiger partial charge on any atom is 0.289 e. The molecule has 27 heavy (non-hydrogen) atoms. The Morgan fingerprint density at radius 3 is 2.74 bits per heavy atom. The van der Waals surface area contributed by atoms with Crippen molar-refractivity contribution in [3.8, 4) is 17.0 Å². The quantitative estimate of drug-likeness (QED) is 0.517. The molecule has 0 atom stereocenters. The summed E-state index contributed by atoms with van der Waals surface area (Å²) in [6.07, 6.45) is 3.58. The van der Waals surface area contributed by atoms with Crippen molar-refractivity contribution in [2.24, 2.45) is 5.10 Å². The Balaban J connectivity index is 1.63. The number of nitrogens with zero attached hydrogens (tertiary/aromatic N) is 2. The first-order valence-electron chi connectivity index (χ1n) is 8.42. The molecule has 0 aliphatic heterocycles. The SMILES string of the molecule is COc1cccc(-c2cc(C(=O)N/N=C\C(C)=Cc3ccccc3)[nH]n2)c1. The predicted octanol–water partition coefficient (Wildman–Crippen LogP) is 3.90. The smallest absolute Gasteiger partial charge is 0.289 e. The summed E-state index contributed by atoms with van der Waals surface area (Å²) in [5, 5.41) is 10.9. The van der Waals surface area contributed by atoms with E-state index in [1.807, 2.05) is 67.6 Å². The van der Waals surface area contributed by atoms with Crippen molar-refractivity contribution >= 4 is 18.2 Å².